The lowest BCUT2D eigenvalue weighted by Crippen LogP contribution is -2.13. The van der Waals surface area contributed by atoms with Crippen LogP contribution in [0.25, 0.3) is 0 Å². The first-order valence-corrected chi connectivity index (χ1v) is 12.0. The topological polar surface area (TPSA) is 0 Å². The van der Waals surface area contributed by atoms with E-state index in [4.69, 9.17) is 0 Å². The fourth-order valence-corrected chi connectivity index (χ4v) is 5.19. The third kappa shape index (κ3) is 6.71. The Hall–Kier alpha value is -1.21. The van der Waals surface area contributed by atoms with Crippen LogP contribution in [0.3, 0.4) is 0 Å². The Kier molecular flexibility index (Phi) is 8.33. The number of benzene rings is 2. The summed E-state index contributed by atoms with van der Waals surface area (Å²) in [6.45, 7) is 4.45. The second-order valence-electron chi connectivity index (χ2n) is 8.41. The number of hydrogen-bond acceptors (Lipinski definition) is 1. The smallest absolute Gasteiger partial charge is 0.0231 e. The molecule has 0 aliphatic heterocycles. The summed E-state index contributed by atoms with van der Waals surface area (Å²) in [4.78, 5) is 1.39. The zero-order valence-electron chi connectivity index (χ0n) is 17.3. The highest BCUT2D eigenvalue weighted by molar-refractivity contribution is 7.98. The van der Waals surface area contributed by atoms with Crippen molar-refractivity contribution >= 4 is 11.8 Å². The number of thioether (sulfide) groups is 1. The fraction of sp³-hybridized carbons (Fsp3) is 0.538. The molecule has 0 bridgehead atoms. The first-order chi connectivity index (χ1) is 13.2. The first kappa shape index (κ1) is 20.5. The molecule has 0 heterocycles. The number of rotatable bonds is 9. The second-order valence-corrected chi connectivity index (χ2v) is 9.46. The van der Waals surface area contributed by atoms with Gasteiger partial charge in [-0.1, -0.05) is 81.0 Å². The van der Waals surface area contributed by atoms with Crippen molar-refractivity contribution < 1.29 is 0 Å². The minimum absolute atomic E-state index is 0.799. The van der Waals surface area contributed by atoms with Crippen molar-refractivity contribution in [1.82, 2.24) is 0 Å². The quantitative estimate of drug-likeness (QED) is 0.310. The van der Waals surface area contributed by atoms with E-state index >= 15 is 0 Å². The van der Waals surface area contributed by atoms with Crippen molar-refractivity contribution in [1.29, 1.82) is 0 Å². The van der Waals surface area contributed by atoms with Gasteiger partial charge in [-0.15, -0.1) is 11.8 Å². The average molecular weight is 381 g/mol. The van der Waals surface area contributed by atoms with Crippen LogP contribution in [-0.2, 0) is 5.75 Å². The lowest BCUT2D eigenvalue weighted by Gasteiger charge is -2.29. The van der Waals surface area contributed by atoms with E-state index in [-0.39, 0.29) is 0 Å². The predicted octanol–water partition coefficient (Wildman–Crippen LogP) is 8.53. The van der Waals surface area contributed by atoms with Gasteiger partial charge in [0.2, 0.25) is 0 Å². The maximum atomic E-state index is 2.39. The summed E-state index contributed by atoms with van der Waals surface area (Å²) in [5, 5.41) is 0. The fourth-order valence-electron chi connectivity index (χ4n) is 4.33. The molecule has 0 amide bonds. The molecule has 2 aromatic carbocycles. The molecule has 0 aromatic heterocycles. The maximum Gasteiger partial charge on any atom is 0.0231 e. The molecule has 0 radical (unpaired) electrons. The van der Waals surface area contributed by atoms with Gasteiger partial charge in [0.05, 0.1) is 0 Å². The molecular weight excluding hydrogens is 344 g/mol. The highest BCUT2D eigenvalue weighted by Crippen LogP contribution is 2.38. The molecule has 0 atom stereocenters. The van der Waals surface area contributed by atoms with Gasteiger partial charge in [-0.05, 0) is 67.7 Å². The molecule has 0 spiro atoms. The van der Waals surface area contributed by atoms with Crippen molar-refractivity contribution in [3.63, 3.8) is 0 Å². The van der Waals surface area contributed by atoms with Crippen molar-refractivity contribution in [3.8, 4) is 0 Å². The van der Waals surface area contributed by atoms with Crippen LogP contribution < -0.4 is 0 Å². The van der Waals surface area contributed by atoms with Gasteiger partial charge in [0.25, 0.3) is 0 Å². The van der Waals surface area contributed by atoms with Crippen LogP contribution in [0.4, 0.5) is 0 Å². The van der Waals surface area contributed by atoms with E-state index in [0.29, 0.717) is 0 Å². The lowest BCUT2D eigenvalue weighted by molar-refractivity contribution is 0.302. The van der Waals surface area contributed by atoms with Crippen LogP contribution in [0.1, 0.15) is 87.3 Å². The van der Waals surface area contributed by atoms with Gasteiger partial charge in [0.1, 0.15) is 0 Å². The molecule has 1 heteroatoms. The van der Waals surface area contributed by atoms with E-state index in [1.807, 2.05) is 11.8 Å². The van der Waals surface area contributed by atoms with Crippen LogP contribution in [0.15, 0.2) is 53.4 Å². The zero-order valence-corrected chi connectivity index (χ0v) is 18.1. The molecule has 0 unspecified atom stereocenters. The van der Waals surface area contributed by atoms with Gasteiger partial charge in [0.15, 0.2) is 0 Å². The van der Waals surface area contributed by atoms with E-state index in [9.17, 15) is 0 Å². The maximum absolute atomic E-state index is 2.39. The molecule has 27 heavy (non-hydrogen) atoms. The first-order valence-electron chi connectivity index (χ1n) is 11.0. The largest absolute Gasteiger partial charge is 0.121 e. The molecule has 0 saturated heterocycles. The summed E-state index contributed by atoms with van der Waals surface area (Å²) in [5.41, 5.74) is 4.31. The van der Waals surface area contributed by atoms with Crippen molar-refractivity contribution in [2.45, 2.75) is 88.2 Å². The molecule has 146 valence electrons. The van der Waals surface area contributed by atoms with Gasteiger partial charge in [0, 0.05) is 10.6 Å². The molecule has 2 aromatic rings. The summed E-state index contributed by atoms with van der Waals surface area (Å²) in [5.74, 6) is 2.86. The van der Waals surface area contributed by atoms with Crippen molar-refractivity contribution in [2.24, 2.45) is 5.92 Å². The van der Waals surface area contributed by atoms with Gasteiger partial charge in [-0.25, -0.2) is 0 Å². The van der Waals surface area contributed by atoms with Gasteiger partial charge in [-0.2, -0.15) is 0 Å². The van der Waals surface area contributed by atoms with Crippen molar-refractivity contribution in [3.05, 3.63) is 65.2 Å². The average Bonchev–Trinajstić information content (AvgIpc) is 2.72. The van der Waals surface area contributed by atoms with E-state index in [1.165, 1.54) is 73.8 Å². The molecule has 0 nitrogen and oxygen atoms in total. The lowest BCUT2D eigenvalue weighted by atomic mass is 9.77. The third-order valence-electron chi connectivity index (χ3n) is 6.19. The summed E-state index contributed by atoms with van der Waals surface area (Å²) in [7, 11) is 0. The number of hydrogen-bond donors (Lipinski definition) is 0. The zero-order chi connectivity index (χ0) is 18.9. The molecule has 3 rings (SSSR count). The summed E-state index contributed by atoms with van der Waals surface area (Å²) in [6.07, 6.45) is 12.8. The normalized spacial score (nSPS) is 19.9. The van der Waals surface area contributed by atoms with Crippen molar-refractivity contribution in [2.75, 3.05) is 0 Å². The summed E-state index contributed by atoms with van der Waals surface area (Å²) < 4.78 is 0. The standard InChI is InChI=1S/C26H36S/c1-3-4-5-6-7-22-12-14-24(15-13-22)25-16-18-26(19-17-25)27-20-23-10-8-21(2)9-11-23/h8-11,16-19,22,24H,3-7,12-15,20H2,1-2H3/t22-,24-. The molecule has 1 saturated carbocycles. The highest BCUT2D eigenvalue weighted by atomic mass is 32.2. The highest BCUT2D eigenvalue weighted by Gasteiger charge is 2.21. The Morgan fingerprint density at radius 3 is 2.19 bits per heavy atom. The molecule has 1 aliphatic carbocycles. The second kappa shape index (κ2) is 11.0. The number of unbranched alkanes of at least 4 members (excludes halogenated alkanes) is 3. The Morgan fingerprint density at radius 2 is 1.52 bits per heavy atom. The van der Waals surface area contributed by atoms with Crippen LogP contribution in [0.2, 0.25) is 0 Å². The van der Waals surface area contributed by atoms with E-state index in [0.717, 1.165) is 17.6 Å². The van der Waals surface area contributed by atoms with E-state index in [2.05, 4.69) is 62.4 Å². The van der Waals surface area contributed by atoms with E-state index in [1.54, 1.807) is 5.56 Å². The Morgan fingerprint density at radius 1 is 0.815 bits per heavy atom. The third-order valence-corrected chi connectivity index (χ3v) is 7.27. The van der Waals surface area contributed by atoms with Gasteiger partial charge < -0.3 is 0 Å². The van der Waals surface area contributed by atoms with Crippen LogP contribution in [0.5, 0.6) is 0 Å². The Bertz CT molecular complexity index is 648. The minimum Gasteiger partial charge on any atom is -0.121 e. The van der Waals surface area contributed by atoms with Crippen LogP contribution in [0, 0.1) is 12.8 Å². The molecule has 1 aliphatic rings. The van der Waals surface area contributed by atoms with Gasteiger partial charge >= 0.3 is 0 Å². The Balaban J connectivity index is 1.42. The predicted molar refractivity (Wildman–Crippen MR) is 121 cm³/mol. The Labute approximate surface area is 171 Å². The summed E-state index contributed by atoms with van der Waals surface area (Å²) >= 11 is 1.95. The van der Waals surface area contributed by atoms with Crippen LogP contribution in [-0.4, -0.2) is 0 Å². The number of aryl methyl sites for hydroxylation is 1. The molecular formula is C26H36S. The minimum atomic E-state index is 0.799. The van der Waals surface area contributed by atoms with Gasteiger partial charge in [-0.3, -0.25) is 0 Å². The van der Waals surface area contributed by atoms with Crippen LogP contribution >= 0.6 is 11.8 Å². The molecule has 0 N–H and O–H groups in total. The SMILES string of the molecule is CCCCCC[C@H]1CC[C@H](c2ccc(SCc3ccc(C)cc3)cc2)CC1. The monoisotopic (exact) mass is 380 g/mol. The van der Waals surface area contributed by atoms with E-state index < -0.39 is 0 Å². The summed E-state index contributed by atoms with van der Waals surface area (Å²) in [6, 6.07) is 18.4. The molecule has 1 fully saturated rings.